The summed E-state index contributed by atoms with van der Waals surface area (Å²) in [5.41, 5.74) is 6.77. The van der Waals surface area contributed by atoms with Crippen molar-refractivity contribution < 1.29 is 0 Å². The van der Waals surface area contributed by atoms with Gasteiger partial charge < -0.3 is 5.32 Å². The van der Waals surface area contributed by atoms with Crippen LogP contribution in [0.2, 0.25) is 0 Å². The summed E-state index contributed by atoms with van der Waals surface area (Å²) in [7, 11) is 3.97. The number of likely N-dealkylation sites (N-methyl/N-ethyl adjacent to an activating group) is 1. The maximum atomic E-state index is 4.26. The molecular formula is C16H23N3. The van der Waals surface area contributed by atoms with Crippen LogP contribution in [0.5, 0.6) is 0 Å². The Bertz CT molecular complexity index is 546. The number of aryl methyl sites for hydroxylation is 4. The summed E-state index contributed by atoms with van der Waals surface area (Å²) < 4.78 is 1.86. The third-order valence-corrected chi connectivity index (χ3v) is 3.72. The van der Waals surface area contributed by atoms with Gasteiger partial charge in [0.05, 0.1) is 6.20 Å². The summed E-state index contributed by atoms with van der Waals surface area (Å²) in [4.78, 5) is 0. The van der Waals surface area contributed by atoms with E-state index in [2.05, 4.69) is 49.5 Å². The Labute approximate surface area is 115 Å². The minimum absolute atomic E-state index is 0.314. The van der Waals surface area contributed by atoms with Gasteiger partial charge in [0.15, 0.2) is 0 Å². The first kappa shape index (κ1) is 13.8. The molecule has 0 spiro atoms. The van der Waals surface area contributed by atoms with E-state index in [0.717, 1.165) is 6.42 Å². The van der Waals surface area contributed by atoms with Crippen molar-refractivity contribution in [2.45, 2.75) is 33.2 Å². The van der Waals surface area contributed by atoms with Crippen molar-refractivity contribution in [2.24, 2.45) is 7.05 Å². The molecule has 2 rings (SSSR count). The van der Waals surface area contributed by atoms with Gasteiger partial charge >= 0.3 is 0 Å². The standard InChI is InChI=1S/C16H23N3/c1-11-6-12(2)15(13(3)7-11)8-16(17-4)14-9-18-19(5)10-14/h6-7,9-10,16-17H,8H2,1-5H3. The second-order valence-corrected chi connectivity index (χ2v) is 5.37. The highest BCUT2D eigenvalue weighted by molar-refractivity contribution is 5.38. The Morgan fingerprint density at radius 2 is 1.84 bits per heavy atom. The third kappa shape index (κ3) is 3.04. The summed E-state index contributed by atoms with van der Waals surface area (Å²) in [6.07, 6.45) is 5.03. The van der Waals surface area contributed by atoms with Gasteiger partial charge in [-0.3, -0.25) is 4.68 Å². The average molecular weight is 257 g/mol. The van der Waals surface area contributed by atoms with E-state index in [4.69, 9.17) is 0 Å². The van der Waals surface area contributed by atoms with Gasteiger partial charge in [-0.1, -0.05) is 17.7 Å². The summed E-state index contributed by atoms with van der Waals surface area (Å²) >= 11 is 0. The summed E-state index contributed by atoms with van der Waals surface area (Å²) in [6, 6.07) is 4.84. The molecule has 102 valence electrons. The average Bonchev–Trinajstić information content (AvgIpc) is 2.75. The molecule has 0 aliphatic heterocycles. The summed E-state index contributed by atoms with van der Waals surface area (Å²) in [6.45, 7) is 6.55. The molecule has 1 aromatic carbocycles. The molecule has 2 aromatic rings. The van der Waals surface area contributed by atoms with Gasteiger partial charge in [0.25, 0.3) is 0 Å². The van der Waals surface area contributed by atoms with Crippen molar-refractivity contribution in [3.8, 4) is 0 Å². The SMILES string of the molecule is CNC(Cc1c(C)cc(C)cc1C)c1cnn(C)c1. The van der Waals surface area contributed by atoms with E-state index in [1.807, 2.05) is 25.0 Å². The van der Waals surface area contributed by atoms with Gasteiger partial charge in [-0.05, 0) is 50.9 Å². The lowest BCUT2D eigenvalue weighted by atomic mass is 9.93. The zero-order valence-electron chi connectivity index (χ0n) is 12.5. The first-order valence-corrected chi connectivity index (χ1v) is 6.73. The Morgan fingerprint density at radius 1 is 1.21 bits per heavy atom. The second-order valence-electron chi connectivity index (χ2n) is 5.37. The monoisotopic (exact) mass is 257 g/mol. The summed E-state index contributed by atoms with van der Waals surface area (Å²) in [5.74, 6) is 0. The van der Waals surface area contributed by atoms with Crippen molar-refractivity contribution >= 4 is 0 Å². The molecule has 0 aliphatic rings. The fourth-order valence-corrected chi connectivity index (χ4v) is 2.74. The Hall–Kier alpha value is -1.61. The second kappa shape index (κ2) is 5.57. The molecule has 1 heterocycles. The Kier molecular flexibility index (Phi) is 4.05. The van der Waals surface area contributed by atoms with Crippen LogP contribution in [0.3, 0.4) is 0 Å². The molecule has 0 saturated carbocycles. The third-order valence-electron chi connectivity index (χ3n) is 3.72. The van der Waals surface area contributed by atoms with Gasteiger partial charge in [-0.2, -0.15) is 5.10 Å². The number of benzene rings is 1. The van der Waals surface area contributed by atoms with E-state index in [0.29, 0.717) is 6.04 Å². The van der Waals surface area contributed by atoms with Gasteiger partial charge in [-0.15, -0.1) is 0 Å². The molecule has 1 atom stereocenters. The van der Waals surface area contributed by atoms with Crippen LogP contribution in [0, 0.1) is 20.8 Å². The number of hydrogen-bond donors (Lipinski definition) is 1. The van der Waals surface area contributed by atoms with E-state index in [9.17, 15) is 0 Å². The quantitative estimate of drug-likeness (QED) is 0.912. The molecule has 19 heavy (non-hydrogen) atoms. The number of rotatable bonds is 4. The van der Waals surface area contributed by atoms with Crippen molar-refractivity contribution in [3.05, 3.63) is 52.3 Å². The first-order valence-electron chi connectivity index (χ1n) is 6.73. The Balaban J connectivity index is 2.28. The van der Waals surface area contributed by atoms with Crippen LogP contribution >= 0.6 is 0 Å². The lowest BCUT2D eigenvalue weighted by molar-refractivity contribution is 0.588. The van der Waals surface area contributed by atoms with Crippen LogP contribution in [0.25, 0.3) is 0 Å². The minimum Gasteiger partial charge on any atom is -0.313 e. The lowest BCUT2D eigenvalue weighted by Gasteiger charge is -2.18. The molecule has 1 N–H and O–H groups in total. The van der Waals surface area contributed by atoms with Crippen molar-refractivity contribution in [2.75, 3.05) is 7.05 Å². The fourth-order valence-electron chi connectivity index (χ4n) is 2.74. The van der Waals surface area contributed by atoms with E-state index in [1.165, 1.54) is 27.8 Å². The normalized spacial score (nSPS) is 12.7. The first-order chi connectivity index (χ1) is 9.01. The molecule has 0 saturated heterocycles. The highest BCUT2D eigenvalue weighted by atomic mass is 15.2. The fraction of sp³-hybridized carbons (Fsp3) is 0.438. The largest absolute Gasteiger partial charge is 0.313 e. The molecule has 0 aliphatic carbocycles. The molecule has 1 aromatic heterocycles. The maximum absolute atomic E-state index is 4.26. The van der Waals surface area contributed by atoms with Gasteiger partial charge in [-0.25, -0.2) is 0 Å². The maximum Gasteiger partial charge on any atom is 0.0537 e. The molecule has 0 fully saturated rings. The van der Waals surface area contributed by atoms with Crippen LogP contribution in [0.4, 0.5) is 0 Å². The van der Waals surface area contributed by atoms with Gasteiger partial charge in [0.2, 0.25) is 0 Å². The molecular weight excluding hydrogens is 234 g/mol. The van der Waals surface area contributed by atoms with Gasteiger partial charge in [0, 0.05) is 24.8 Å². The van der Waals surface area contributed by atoms with Crippen LogP contribution in [-0.2, 0) is 13.5 Å². The molecule has 0 amide bonds. The summed E-state index contributed by atoms with van der Waals surface area (Å²) in [5, 5.41) is 7.66. The van der Waals surface area contributed by atoms with E-state index < -0.39 is 0 Å². The zero-order chi connectivity index (χ0) is 14.0. The highest BCUT2D eigenvalue weighted by Crippen LogP contribution is 2.23. The minimum atomic E-state index is 0.314. The van der Waals surface area contributed by atoms with Crippen molar-refractivity contribution in [3.63, 3.8) is 0 Å². The smallest absolute Gasteiger partial charge is 0.0537 e. The molecule has 0 bridgehead atoms. The molecule has 3 nitrogen and oxygen atoms in total. The predicted molar refractivity (Wildman–Crippen MR) is 79.4 cm³/mol. The predicted octanol–water partition coefficient (Wildman–Crippen LogP) is 2.85. The van der Waals surface area contributed by atoms with Crippen LogP contribution < -0.4 is 5.32 Å². The number of aromatic nitrogens is 2. The van der Waals surface area contributed by atoms with Crippen LogP contribution in [0.15, 0.2) is 24.5 Å². The molecule has 3 heteroatoms. The van der Waals surface area contributed by atoms with Crippen molar-refractivity contribution in [1.82, 2.24) is 15.1 Å². The van der Waals surface area contributed by atoms with Crippen LogP contribution in [0.1, 0.15) is 33.9 Å². The molecule has 0 radical (unpaired) electrons. The van der Waals surface area contributed by atoms with Crippen LogP contribution in [-0.4, -0.2) is 16.8 Å². The van der Waals surface area contributed by atoms with E-state index >= 15 is 0 Å². The topological polar surface area (TPSA) is 29.9 Å². The lowest BCUT2D eigenvalue weighted by Crippen LogP contribution is -2.19. The van der Waals surface area contributed by atoms with E-state index in [1.54, 1.807) is 0 Å². The van der Waals surface area contributed by atoms with Crippen molar-refractivity contribution in [1.29, 1.82) is 0 Å². The highest BCUT2D eigenvalue weighted by Gasteiger charge is 2.14. The number of nitrogens with one attached hydrogen (secondary N) is 1. The van der Waals surface area contributed by atoms with Gasteiger partial charge in [0.1, 0.15) is 0 Å². The molecule has 1 unspecified atom stereocenters. The zero-order valence-corrected chi connectivity index (χ0v) is 12.5. The number of nitrogens with zero attached hydrogens (tertiary/aromatic N) is 2. The Morgan fingerprint density at radius 3 is 2.32 bits per heavy atom. The number of hydrogen-bond acceptors (Lipinski definition) is 2. The van der Waals surface area contributed by atoms with E-state index in [-0.39, 0.29) is 0 Å².